The Bertz CT molecular complexity index is 192. The molecular weight excluding hydrogens is 178 g/mol. The van der Waals surface area contributed by atoms with Crippen LogP contribution in [0.4, 0.5) is 0 Å². The van der Waals surface area contributed by atoms with Crippen molar-refractivity contribution in [1.29, 1.82) is 0 Å². The van der Waals surface area contributed by atoms with Gasteiger partial charge < -0.3 is 10.4 Å². The molecule has 82 valence electrons. The molecule has 0 aliphatic carbocycles. The maximum absolute atomic E-state index is 11.0. The van der Waals surface area contributed by atoms with Crippen molar-refractivity contribution in [2.24, 2.45) is 5.92 Å². The van der Waals surface area contributed by atoms with Crippen LogP contribution in [0.1, 0.15) is 46.0 Å². The maximum Gasteiger partial charge on any atom is 0.320 e. The first-order chi connectivity index (χ1) is 6.65. The lowest BCUT2D eigenvalue weighted by atomic mass is 9.84. The molecule has 1 rings (SSSR count). The summed E-state index contributed by atoms with van der Waals surface area (Å²) < 4.78 is 0. The normalized spacial score (nSPS) is 32.9. The van der Waals surface area contributed by atoms with Gasteiger partial charge in [0.25, 0.3) is 0 Å². The molecular formula is C11H21NO2. The number of carboxylic acid groups (broad SMARTS) is 1. The number of rotatable bonds is 4. The third-order valence-corrected chi connectivity index (χ3v) is 3.10. The van der Waals surface area contributed by atoms with Crippen LogP contribution in [0.2, 0.25) is 0 Å². The standard InChI is InChI=1S/C11H21NO2/c1-3-4-5-9-7-6-8(2)12-10(9)11(13)14/h8-10,12H,3-7H2,1-2H3,(H,13,14). The molecule has 3 atom stereocenters. The van der Waals surface area contributed by atoms with Gasteiger partial charge in [-0.15, -0.1) is 0 Å². The number of carbonyl (C=O) groups is 1. The largest absolute Gasteiger partial charge is 0.480 e. The third-order valence-electron chi connectivity index (χ3n) is 3.10. The summed E-state index contributed by atoms with van der Waals surface area (Å²) in [6.45, 7) is 4.21. The molecule has 0 radical (unpaired) electrons. The fourth-order valence-corrected chi connectivity index (χ4v) is 2.21. The summed E-state index contributed by atoms with van der Waals surface area (Å²) in [6, 6.07) is 0.0410. The van der Waals surface area contributed by atoms with Crippen LogP contribution >= 0.6 is 0 Å². The predicted molar refractivity (Wildman–Crippen MR) is 56.3 cm³/mol. The summed E-state index contributed by atoms with van der Waals surface area (Å²) in [7, 11) is 0. The second kappa shape index (κ2) is 5.35. The van der Waals surface area contributed by atoms with Gasteiger partial charge in [0.05, 0.1) is 0 Å². The Balaban J connectivity index is 2.49. The highest BCUT2D eigenvalue weighted by atomic mass is 16.4. The quantitative estimate of drug-likeness (QED) is 0.728. The summed E-state index contributed by atoms with van der Waals surface area (Å²) in [5.41, 5.74) is 0. The minimum absolute atomic E-state index is 0.315. The van der Waals surface area contributed by atoms with Crippen LogP contribution in [0, 0.1) is 5.92 Å². The van der Waals surface area contributed by atoms with E-state index in [0.29, 0.717) is 12.0 Å². The van der Waals surface area contributed by atoms with E-state index in [1.54, 1.807) is 0 Å². The number of nitrogens with one attached hydrogen (secondary N) is 1. The Hall–Kier alpha value is -0.570. The molecule has 1 aliphatic heterocycles. The fraction of sp³-hybridized carbons (Fsp3) is 0.909. The van der Waals surface area contributed by atoms with E-state index in [-0.39, 0.29) is 6.04 Å². The Morgan fingerprint density at radius 1 is 1.50 bits per heavy atom. The van der Waals surface area contributed by atoms with E-state index >= 15 is 0 Å². The van der Waals surface area contributed by atoms with Crippen LogP contribution in [0.25, 0.3) is 0 Å². The van der Waals surface area contributed by atoms with E-state index in [0.717, 1.165) is 32.1 Å². The average Bonchev–Trinajstić information content (AvgIpc) is 2.15. The molecule has 1 saturated heterocycles. The van der Waals surface area contributed by atoms with Gasteiger partial charge in [-0.2, -0.15) is 0 Å². The summed E-state index contributed by atoms with van der Waals surface area (Å²) >= 11 is 0. The van der Waals surface area contributed by atoms with Crippen molar-refractivity contribution >= 4 is 5.97 Å². The highest BCUT2D eigenvalue weighted by molar-refractivity contribution is 5.74. The van der Waals surface area contributed by atoms with Gasteiger partial charge in [0, 0.05) is 6.04 Å². The fourth-order valence-electron chi connectivity index (χ4n) is 2.21. The smallest absolute Gasteiger partial charge is 0.320 e. The summed E-state index contributed by atoms with van der Waals surface area (Å²) in [5, 5.41) is 12.2. The van der Waals surface area contributed by atoms with Gasteiger partial charge in [-0.1, -0.05) is 19.8 Å². The van der Waals surface area contributed by atoms with Crippen LogP contribution in [-0.2, 0) is 4.79 Å². The van der Waals surface area contributed by atoms with Crippen LogP contribution in [-0.4, -0.2) is 23.2 Å². The van der Waals surface area contributed by atoms with Crippen molar-refractivity contribution in [3.63, 3.8) is 0 Å². The van der Waals surface area contributed by atoms with Gasteiger partial charge in [0.2, 0.25) is 0 Å². The molecule has 3 nitrogen and oxygen atoms in total. The number of aliphatic carboxylic acids is 1. The Morgan fingerprint density at radius 3 is 2.79 bits per heavy atom. The van der Waals surface area contributed by atoms with E-state index < -0.39 is 5.97 Å². The molecule has 0 aromatic carbocycles. The Labute approximate surface area is 85.9 Å². The molecule has 3 unspecified atom stereocenters. The van der Waals surface area contributed by atoms with Crippen LogP contribution in [0.3, 0.4) is 0 Å². The number of carboxylic acids is 1. The lowest BCUT2D eigenvalue weighted by molar-refractivity contribution is -0.142. The van der Waals surface area contributed by atoms with Gasteiger partial charge in [-0.25, -0.2) is 0 Å². The first kappa shape index (κ1) is 11.5. The summed E-state index contributed by atoms with van der Waals surface area (Å²) in [4.78, 5) is 11.0. The first-order valence-electron chi connectivity index (χ1n) is 5.64. The summed E-state index contributed by atoms with van der Waals surface area (Å²) in [5.74, 6) is -0.346. The highest BCUT2D eigenvalue weighted by Crippen LogP contribution is 2.25. The van der Waals surface area contributed by atoms with Crippen LogP contribution in [0.5, 0.6) is 0 Å². The van der Waals surface area contributed by atoms with Gasteiger partial charge in [-0.3, -0.25) is 4.79 Å². The molecule has 2 N–H and O–H groups in total. The van der Waals surface area contributed by atoms with Crippen molar-refractivity contribution in [2.75, 3.05) is 0 Å². The molecule has 0 aromatic heterocycles. The van der Waals surface area contributed by atoms with Crippen molar-refractivity contribution in [2.45, 2.75) is 58.0 Å². The SMILES string of the molecule is CCCCC1CCC(C)NC1C(=O)O. The topological polar surface area (TPSA) is 49.3 Å². The van der Waals surface area contributed by atoms with Gasteiger partial charge in [0.1, 0.15) is 6.04 Å². The van der Waals surface area contributed by atoms with E-state index in [1.165, 1.54) is 0 Å². The molecule has 1 aliphatic rings. The monoisotopic (exact) mass is 199 g/mol. The van der Waals surface area contributed by atoms with Gasteiger partial charge >= 0.3 is 5.97 Å². The summed E-state index contributed by atoms with van der Waals surface area (Å²) in [6.07, 6.45) is 5.51. The second-order valence-electron chi connectivity index (χ2n) is 4.36. The number of hydrogen-bond donors (Lipinski definition) is 2. The zero-order valence-electron chi connectivity index (χ0n) is 9.12. The molecule has 3 heteroatoms. The van der Waals surface area contributed by atoms with Crippen molar-refractivity contribution in [3.05, 3.63) is 0 Å². The van der Waals surface area contributed by atoms with E-state index in [4.69, 9.17) is 5.11 Å². The lowest BCUT2D eigenvalue weighted by Crippen LogP contribution is -2.50. The molecule has 1 heterocycles. The predicted octanol–water partition coefficient (Wildman–Crippen LogP) is 2.02. The highest BCUT2D eigenvalue weighted by Gasteiger charge is 2.32. The van der Waals surface area contributed by atoms with Crippen molar-refractivity contribution in [3.8, 4) is 0 Å². The van der Waals surface area contributed by atoms with E-state index in [2.05, 4.69) is 19.2 Å². The molecule has 0 saturated carbocycles. The van der Waals surface area contributed by atoms with Crippen LogP contribution < -0.4 is 5.32 Å². The second-order valence-corrected chi connectivity index (χ2v) is 4.36. The number of unbranched alkanes of at least 4 members (excludes halogenated alkanes) is 1. The Morgan fingerprint density at radius 2 is 2.21 bits per heavy atom. The molecule has 0 bridgehead atoms. The zero-order chi connectivity index (χ0) is 10.6. The van der Waals surface area contributed by atoms with Gasteiger partial charge in [0.15, 0.2) is 0 Å². The van der Waals surface area contributed by atoms with E-state index in [9.17, 15) is 4.79 Å². The third kappa shape index (κ3) is 2.98. The van der Waals surface area contributed by atoms with Gasteiger partial charge in [-0.05, 0) is 32.1 Å². The minimum Gasteiger partial charge on any atom is -0.480 e. The number of piperidine rings is 1. The first-order valence-corrected chi connectivity index (χ1v) is 5.64. The van der Waals surface area contributed by atoms with Crippen molar-refractivity contribution < 1.29 is 9.90 Å². The van der Waals surface area contributed by atoms with Crippen molar-refractivity contribution in [1.82, 2.24) is 5.32 Å². The zero-order valence-corrected chi connectivity index (χ0v) is 9.12. The van der Waals surface area contributed by atoms with Crippen LogP contribution in [0.15, 0.2) is 0 Å². The Kier molecular flexibility index (Phi) is 4.39. The average molecular weight is 199 g/mol. The molecule has 0 amide bonds. The number of hydrogen-bond acceptors (Lipinski definition) is 2. The van der Waals surface area contributed by atoms with E-state index in [1.807, 2.05) is 0 Å². The molecule has 1 fully saturated rings. The molecule has 14 heavy (non-hydrogen) atoms. The maximum atomic E-state index is 11.0. The lowest BCUT2D eigenvalue weighted by Gasteiger charge is -2.33. The molecule has 0 spiro atoms. The minimum atomic E-state index is -0.683. The molecule has 0 aromatic rings.